The van der Waals surface area contributed by atoms with Crippen molar-refractivity contribution < 1.29 is 0 Å². The Hall–Kier alpha value is -1.03. The van der Waals surface area contributed by atoms with Gasteiger partial charge in [0.25, 0.3) is 0 Å². The lowest BCUT2D eigenvalue weighted by atomic mass is 10.1. The van der Waals surface area contributed by atoms with Crippen molar-refractivity contribution in [2.45, 2.75) is 32.9 Å². The molecule has 2 nitrogen and oxygen atoms in total. The fourth-order valence-corrected chi connectivity index (χ4v) is 3.19. The number of rotatable bonds is 6. The second-order valence-electron chi connectivity index (χ2n) is 5.12. The van der Waals surface area contributed by atoms with Crippen LogP contribution in [0.1, 0.15) is 24.3 Å². The zero-order valence-corrected chi connectivity index (χ0v) is 13.5. The summed E-state index contributed by atoms with van der Waals surface area (Å²) in [5, 5.41) is 2.93. The zero-order valence-electron chi connectivity index (χ0n) is 12.0. The number of thiophene rings is 1. The highest BCUT2D eigenvalue weighted by atomic mass is 35.5. The van der Waals surface area contributed by atoms with Crippen molar-refractivity contribution in [3.63, 3.8) is 0 Å². The van der Waals surface area contributed by atoms with Gasteiger partial charge in [-0.1, -0.05) is 23.7 Å². The van der Waals surface area contributed by atoms with Crippen molar-refractivity contribution >= 4 is 28.6 Å². The van der Waals surface area contributed by atoms with E-state index >= 15 is 0 Å². The van der Waals surface area contributed by atoms with Gasteiger partial charge < -0.3 is 10.6 Å². The van der Waals surface area contributed by atoms with E-state index in [-0.39, 0.29) is 0 Å². The zero-order chi connectivity index (χ0) is 14.5. The molecule has 0 bridgehead atoms. The van der Waals surface area contributed by atoms with Crippen molar-refractivity contribution in [3.05, 3.63) is 51.2 Å². The van der Waals surface area contributed by atoms with Gasteiger partial charge in [0.2, 0.25) is 0 Å². The van der Waals surface area contributed by atoms with Gasteiger partial charge in [-0.05, 0) is 56.0 Å². The highest BCUT2D eigenvalue weighted by Crippen LogP contribution is 2.27. The van der Waals surface area contributed by atoms with Crippen LogP contribution in [0.4, 0.5) is 5.69 Å². The van der Waals surface area contributed by atoms with E-state index in [2.05, 4.69) is 54.5 Å². The molecule has 1 aromatic carbocycles. The summed E-state index contributed by atoms with van der Waals surface area (Å²) in [4.78, 5) is 3.73. The van der Waals surface area contributed by atoms with Gasteiger partial charge in [-0.3, -0.25) is 0 Å². The van der Waals surface area contributed by atoms with Gasteiger partial charge in [-0.25, -0.2) is 0 Å². The number of nitrogens with zero attached hydrogens (tertiary/aromatic N) is 1. The third-order valence-corrected chi connectivity index (χ3v) is 4.52. The molecule has 2 N–H and O–H groups in total. The van der Waals surface area contributed by atoms with Crippen molar-refractivity contribution in [3.8, 4) is 0 Å². The van der Waals surface area contributed by atoms with Crippen molar-refractivity contribution in [1.29, 1.82) is 0 Å². The lowest BCUT2D eigenvalue weighted by molar-refractivity contribution is 0.687. The third kappa shape index (κ3) is 3.75. The topological polar surface area (TPSA) is 29.3 Å². The molecule has 1 aromatic heterocycles. The van der Waals surface area contributed by atoms with Crippen LogP contribution in [0.25, 0.3) is 0 Å². The molecule has 108 valence electrons. The predicted octanol–water partition coefficient (Wildman–Crippen LogP) is 4.32. The van der Waals surface area contributed by atoms with Crippen LogP contribution in [0.3, 0.4) is 0 Å². The molecular formula is C16H21ClN2S. The first kappa shape index (κ1) is 15.4. The normalized spacial score (nSPS) is 11.1. The predicted molar refractivity (Wildman–Crippen MR) is 89.8 cm³/mol. The molecule has 4 heteroatoms. The van der Waals surface area contributed by atoms with Crippen molar-refractivity contribution in [2.24, 2.45) is 5.73 Å². The van der Waals surface area contributed by atoms with E-state index in [1.807, 2.05) is 0 Å². The Balaban J connectivity index is 2.23. The number of halogens is 1. The van der Waals surface area contributed by atoms with E-state index in [4.69, 9.17) is 17.3 Å². The van der Waals surface area contributed by atoms with E-state index in [1.54, 1.807) is 11.3 Å². The fraction of sp³-hybridized carbons (Fsp3) is 0.375. The van der Waals surface area contributed by atoms with Gasteiger partial charge in [0.1, 0.15) is 0 Å². The Labute approximate surface area is 130 Å². The molecule has 0 fully saturated rings. The maximum atomic E-state index is 6.36. The van der Waals surface area contributed by atoms with E-state index < -0.39 is 0 Å². The molecule has 0 unspecified atom stereocenters. The van der Waals surface area contributed by atoms with E-state index in [0.29, 0.717) is 12.6 Å². The minimum absolute atomic E-state index is 0.425. The highest BCUT2D eigenvalue weighted by molar-refractivity contribution is 7.09. The summed E-state index contributed by atoms with van der Waals surface area (Å²) < 4.78 is 0. The van der Waals surface area contributed by atoms with Crippen molar-refractivity contribution in [2.75, 3.05) is 11.4 Å². The van der Waals surface area contributed by atoms with Crippen LogP contribution in [0.2, 0.25) is 5.02 Å². The minimum atomic E-state index is 0.425. The Morgan fingerprint density at radius 3 is 2.65 bits per heavy atom. The largest absolute Gasteiger partial charge is 0.364 e. The second-order valence-corrected chi connectivity index (χ2v) is 6.55. The van der Waals surface area contributed by atoms with Gasteiger partial charge in [0.05, 0.1) is 6.54 Å². The van der Waals surface area contributed by atoms with Gasteiger partial charge in [-0.15, -0.1) is 11.3 Å². The number of nitrogens with two attached hydrogens (primary N) is 1. The first-order chi connectivity index (χ1) is 9.61. The van der Waals surface area contributed by atoms with Crippen LogP contribution in [0.15, 0.2) is 35.7 Å². The minimum Gasteiger partial charge on any atom is -0.364 e. The molecule has 2 aromatic rings. The fourth-order valence-electron chi connectivity index (χ4n) is 2.22. The quantitative estimate of drug-likeness (QED) is 0.861. The van der Waals surface area contributed by atoms with E-state index in [0.717, 1.165) is 23.6 Å². The summed E-state index contributed by atoms with van der Waals surface area (Å²) in [6.07, 6.45) is 0.825. The Morgan fingerprint density at radius 1 is 1.30 bits per heavy atom. The first-order valence-electron chi connectivity index (χ1n) is 6.89. The van der Waals surface area contributed by atoms with Crippen LogP contribution in [-0.4, -0.2) is 12.6 Å². The van der Waals surface area contributed by atoms with Crippen LogP contribution < -0.4 is 10.6 Å². The average molecular weight is 309 g/mol. The monoisotopic (exact) mass is 308 g/mol. The van der Waals surface area contributed by atoms with E-state index in [1.165, 1.54) is 10.6 Å². The first-order valence-corrected chi connectivity index (χ1v) is 8.15. The molecule has 0 aliphatic heterocycles. The summed E-state index contributed by atoms with van der Waals surface area (Å²) >= 11 is 8.15. The molecule has 0 aliphatic rings. The molecule has 0 radical (unpaired) electrons. The van der Waals surface area contributed by atoms with Gasteiger partial charge in [0, 0.05) is 21.6 Å². The van der Waals surface area contributed by atoms with Crippen LogP contribution in [0, 0.1) is 0 Å². The number of hydrogen-bond donors (Lipinski definition) is 1. The summed E-state index contributed by atoms with van der Waals surface area (Å²) in [5.74, 6) is 0. The smallest absolute Gasteiger partial charge is 0.0525 e. The lowest BCUT2D eigenvalue weighted by Crippen LogP contribution is -2.29. The molecule has 0 saturated heterocycles. The summed E-state index contributed by atoms with van der Waals surface area (Å²) in [5.41, 5.74) is 7.89. The highest BCUT2D eigenvalue weighted by Gasteiger charge is 2.13. The summed E-state index contributed by atoms with van der Waals surface area (Å²) in [7, 11) is 0. The molecule has 0 atom stereocenters. The molecule has 20 heavy (non-hydrogen) atoms. The van der Waals surface area contributed by atoms with Crippen LogP contribution in [-0.2, 0) is 13.0 Å². The summed E-state index contributed by atoms with van der Waals surface area (Å²) in [6, 6.07) is 11.0. The Kier molecular flexibility index (Phi) is 5.46. The van der Waals surface area contributed by atoms with Crippen LogP contribution >= 0.6 is 22.9 Å². The van der Waals surface area contributed by atoms with E-state index in [9.17, 15) is 0 Å². The molecule has 0 aliphatic carbocycles. The van der Waals surface area contributed by atoms with Gasteiger partial charge >= 0.3 is 0 Å². The summed E-state index contributed by atoms with van der Waals surface area (Å²) in [6.45, 7) is 5.95. The molecule has 0 saturated carbocycles. The standard InChI is InChI=1S/C16H21ClN2S/c1-12(2)19(11-15-4-3-9-20-15)14-6-5-13(7-8-18)16(17)10-14/h3-6,9-10,12H,7-8,11,18H2,1-2H3. The maximum absolute atomic E-state index is 6.36. The molecule has 0 spiro atoms. The SMILES string of the molecule is CC(C)N(Cc1cccs1)c1ccc(CCN)c(Cl)c1. The van der Waals surface area contributed by atoms with Crippen LogP contribution in [0.5, 0.6) is 0 Å². The maximum Gasteiger partial charge on any atom is 0.0525 e. The molecule has 1 heterocycles. The average Bonchev–Trinajstić information content (AvgIpc) is 2.91. The van der Waals surface area contributed by atoms with Gasteiger partial charge in [0.15, 0.2) is 0 Å². The Bertz CT molecular complexity index is 537. The number of benzene rings is 1. The lowest BCUT2D eigenvalue weighted by Gasteiger charge is -2.29. The van der Waals surface area contributed by atoms with Crippen molar-refractivity contribution in [1.82, 2.24) is 0 Å². The second kappa shape index (κ2) is 7.11. The molecular weight excluding hydrogens is 288 g/mol. The number of hydrogen-bond acceptors (Lipinski definition) is 3. The number of anilines is 1. The third-order valence-electron chi connectivity index (χ3n) is 3.31. The molecule has 0 amide bonds. The Morgan fingerprint density at radius 2 is 2.10 bits per heavy atom. The van der Waals surface area contributed by atoms with Gasteiger partial charge in [-0.2, -0.15) is 0 Å². The molecule has 2 rings (SSSR count).